The first kappa shape index (κ1) is 18.9. The van der Waals surface area contributed by atoms with E-state index in [9.17, 15) is 8.42 Å². The highest BCUT2D eigenvalue weighted by Crippen LogP contribution is 2.35. The Balaban J connectivity index is 1.83. The maximum Gasteiger partial charge on any atom is 0.228 e. The molecule has 9 heteroatoms. The minimum Gasteiger partial charge on any atom is -0.346 e. The number of hydrogen-bond donors (Lipinski definition) is 1. The molecular formula is C19H24N6O2S. The number of pyridine rings is 1. The van der Waals surface area contributed by atoms with Gasteiger partial charge in [-0.2, -0.15) is 5.26 Å². The molecule has 1 fully saturated rings. The second-order valence-electron chi connectivity index (χ2n) is 7.65. The fourth-order valence-corrected chi connectivity index (χ4v) is 5.09. The Labute approximate surface area is 164 Å². The summed E-state index contributed by atoms with van der Waals surface area (Å²) in [5.74, 6) is 0. The first-order chi connectivity index (χ1) is 13.3. The number of aromatic amines is 1. The number of nitrogens with one attached hydrogen (secondary N) is 1. The summed E-state index contributed by atoms with van der Waals surface area (Å²) >= 11 is 0. The van der Waals surface area contributed by atoms with Gasteiger partial charge in [-0.1, -0.05) is 0 Å². The molecule has 1 unspecified atom stereocenters. The third-order valence-corrected chi connectivity index (χ3v) is 6.64. The fourth-order valence-electron chi connectivity index (χ4n) is 4.23. The number of imidazole rings is 1. The van der Waals surface area contributed by atoms with Gasteiger partial charge in [-0.05, 0) is 32.8 Å². The summed E-state index contributed by atoms with van der Waals surface area (Å²) in [4.78, 5) is 14.5. The number of fused-ring (bicyclic) bond motifs is 3. The molecule has 4 heterocycles. The number of H-pyrrole nitrogens is 1. The van der Waals surface area contributed by atoms with Gasteiger partial charge in [0.05, 0.1) is 23.7 Å². The van der Waals surface area contributed by atoms with Gasteiger partial charge >= 0.3 is 0 Å². The second kappa shape index (κ2) is 6.87. The van der Waals surface area contributed by atoms with Crippen LogP contribution in [0.3, 0.4) is 0 Å². The Morgan fingerprint density at radius 1 is 1.36 bits per heavy atom. The molecule has 8 nitrogen and oxygen atoms in total. The number of aromatic nitrogens is 4. The van der Waals surface area contributed by atoms with E-state index in [4.69, 9.17) is 5.26 Å². The molecule has 0 aromatic carbocycles. The highest BCUT2D eigenvalue weighted by Gasteiger charge is 2.31. The van der Waals surface area contributed by atoms with E-state index >= 15 is 0 Å². The lowest BCUT2D eigenvalue weighted by Gasteiger charge is -2.36. The lowest BCUT2D eigenvalue weighted by atomic mass is 10.0. The Morgan fingerprint density at radius 3 is 2.71 bits per heavy atom. The number of piperidine rings is 1. The van der Waals surface area contributed by atoms with Crippen molar-refractivity contribution in [1.82, 2.24) is 24.4 Å². The largest absolute Gasteiger partial charge is 0.346 e. The minimum absolute atomic E-state index is 0.0418. The topological polar surface area (TPSA) is 108 Å². The Hall–Kier alpha value is -2.44. The third kappa shape index (κ3) is 3.06. The fraction of sp³-hybridized carbons (Fsp3) is 0.526. The predicted molar refractivity (Wildman–Crippen MR) is 107 cm³/mol. The van der Waals surface area contributed by atoms with Crippen LogP contribution in [-0.2, 0) is 9.84 Å². The molecule has 0 saturated carbocycles. The Kier molecular flexibility index (Phi) is 4.63. The number of sulfone groups is 1. The minimum atomic E-state index is -3.49. The van der Waals surface area contributed by atoms with Gasteiger partial charge in [0, 0.05) is 43.0 Å². The van der Waals surface area contributed by atoms with Crippen molar-refractivity contribution >= 4 is 31.9 Å². The zero-order valence-electron chi connectivity index (χ0n) is 16.3. The maximum absolute atomic E-state index is 12.6. The van der Waals surface area contributed by atoms with Gasteiger partial charge in [-0.25, -0.2) is 18.4 Å². The van der Waals surface area contributed by atoms with Crippen molar-refractivity contribution in [3.05, 3.63) is 18.0 Å². The molecule has 0 spiro atoms. The zero-order valence-corrected chi connectivity index (χ0v) is 17.1. The quantitative estimate of drug-likeness (QED) is 0.721. The lowest BCUT2D eigenvalue weighted by molar-refractivity contribution is 0.143. The van der Waals surface area contributed by atoms with Gasteiger partial charge < -0.3 is 9.55 Å². The normalized spacial score (nSPS) is 17.9. The highest BCUT2D eigenvalue weighted by molar-refractivity contribution is 7.90. The van der Waals surface area contributed by atoms with Gasteiger partial charge in [-0.3, -0.25) is 4.90 Å². The number of aryl methyl sites for hydroxylation is 1. The summed E-state index contributed by atoms with van der Waals surface area (Å²) in [7, 11) is -3.49. The van der Waals surface area contributed by atoms with Crippen LogP contribution in [0.15, 0.2) is 17.4 Å². The van der Waals surface area contributed by atoms with E-state index in [1.165, 1.54) is 6.26 Å². The van der Waals surface area contributed by atoms with E-state index in [-0.39, 0.29) is 17.2 Å². The Morgan fingerprint density at radius 2 is 2.07 bits per heavy atom. The van der Waals surface area contributed by atoms with E-state index in [1.54, 1.807) is 0 Å². The third-order valence-electron chi connectivity index (χ3n) is 5.69. The van der Waals surface area contributed by atoms with Crippen LogP contribution in [0.25, 0.3) is 22.1 Å². The van der Waals surface area contributed by atoms with E-state index < -0.39 is 9.84 Å². The SMILES string of the molecule is Cc1nc2[nH]ccc2c2c1nc(S(C)(=O)=O)n2C1CCN(C(C)CC#N)CC1. The summed E-state index contributed by atoms with van der Waals surface area (Å²) in [5.41, 5.74) is 2.94. The van der Waals surface area contributed by atoms with Crippen LogP contribution in [0.1, 0.15) is 37.9 Å². The smallest absolute Gasteiger partial charge is 0.228 e. The number of nitrogens with zero attached hydrogens (tertiary/aromatic N) is 5. The predicted octanol–water partition coefficient (Wildman–Crippen LogP) is 2.56. The van der Waals surface area contributed by atoms with Crippen LogP contribution in [0, 0.1) is 18.3 Å². The first-order valence-electron chi connectivity index (χ1n) is 9.48. The number of nitriles is 1. The average molecular weight is 401 g/mol. The molecule has 148 valence electrons. The molecule has 28 heavy (non-hydrogen) atoms. The van der Waals surface area contributed by atoms with E-state index in [2.05, 4.69) is 32.8 Å². The van der Waals surface area contributed by atoms with Crippen molar-refractivity contribution in [3.8, 4) is 6.07 Å². The van der Waals surface area contributed by atoms with Gasteiger partial charge in [-0.15, -0.1) is 0 Å². The summed E-state index contributed by atoms with van der Waals surface area (Å²) in [6, 6.07) is 4.42. The van der Waals surface area contributed by atoms with Crippen LogP contribution in [0.2, 0.25) is 0 Å². The van der Waals surface area contributed by atoms with Gasteiger partial charge in [0.25, 0.3) is 0 Å². The molecule has 1 aliphatic heterocycles. The van der Waals surface area contributed by atoms with Crippen molar-refractivity contribution in [2.45, 2.75) is 50.4 Å². The van der Waals surface area contributed by atoms with Crippen LogP contribution in [-0.4, -0.2) is 58.2 Å². The summed E-state index contributed by atoms with van der Waals surface area (Å²) in [6.07, 6.45) is 5.17. The molecule has 0 aliphatic carbocycles. The van der Waals surface area contributed by atoms with Crippen molar-refractivity contribution in [2.75, 3.05) is 19.3 Å². The number of hydrogen-bond acceptors (Lipinski definition) is 6. The standard InChI is InChI=1S/C19H24N6O2S/c1-12(4-8-20)24-10-6-14(7-11-24)25-17-15-5-9-21-18(15)22-13(2)16(17)23-19(25)28(3,26)27/h5,9,12,14H,4,6-7,10-11H2,1-3H3,(H,21,22). The molecule has 0 amide bonds. The van der Waals surface area contributed by atoms with E-state index in [0.29, 0.717) is 17.6 Å². The van der Waals surface area contributed by atoms with Crippen molar-refractivity contribution < 1.29 is 8.42 Å². The maximum atomic E-state index is 12.6. The lowest BCUT2D eigenvalue weighted by Crippen LogP contribution is -2.40. The molecule has 1 atom stereocenters. The van der Waals surface area contributed by atoms with Crippen LogP contribution >= 0.6 is 0 Å². The molecule has 3 aromatic heterocycles. The van der Waals surface area contributed by atoms with Crippen LogP contribution < -0.4 is 0 Å². The highest BCUT2D eigenvalue weighted by atomic mass is 32.2. The van der Waals surface area contributed by atoms with Crippen molar-refractivity contribution in [1.29, 1.82) is 5.26 Å². The van der Waals surface area contributed by atoms with Crippen molar-refractivity contribution in [2.24, 2.45) is 0 Å². The second-order valence-corrected chi connectivity index (χ2v) is 9.56. The zero-order chi connectivity index (χ0) is 20.1. The van der Waals surface area contributed by atoms with Crippen LogP contribution in [0.5, 0.6) is 0 Å². The molecule has 1 N–H and O–H groups in total. The molecule has 0 bridgehead atoms. The van der Waals surface area contributed by atoms with Gasteiger partial charge in [0.1, 0.15) is 11.2 Å². The molecule has 1 aliphatic rings. The van der Waals surface area contributed by atoms with E-state index in [1.807, 2.05) is 23.8 Å². The molecule has 1 saturated heterocycles. The molecule has 0 radical (unpaired) electrons. The van der Waals surface area contributed by atoms with E-state index in [0.717, 1.165) is 42.5 Å². The first-order valence-corrected chi connectivity index (χ1v) is 11.4. The molecule has 3 aromatic rings. The summed E-state index contributed by atoms with van der Waals surface area (Å²) in [5, 5.41) is 9.96. The monoisotopic (exact) mass is 400 g/mol. The average Bonchev–Trinajstić information content (AvgIpc) is 3.26. The summed E-state index contributed by atoms with van der Waals surface area (Å²) < 4.78 is 27.0. The molecular weight excluding hydrogens is 376 g/mol. The summed E-state index contributed by atoms with van der Waals surface area (Å²) in [6.45, 7) is 5.59. The van der Waals surface area contributed by atoms with Crippen LogP contribution in [0.4, 0.5) is 0 Å². The number of likely N-dealkylation sites (tertiary alicyclic amines) is 1. The Bertz CT molecular complexity index is 1180. The van der Waals surface area contributed by atoms with Gasteiger partial charge in [0.15, 0.2) is 0 Å². The van der Waals surface area contributed by atoms with Crippen molar-refractivity contribution in [3.63, 3.8) is 0 Å². The number of rotatable bonds is 4. The molecule has 4 rings (SSSR count). The van der Waals surface area contributed by atoms with Gasteiger partial charge in [0.2, 0.25) is 15.0 Å².